The van der Waals surface area contributed by atoms with E-state index >= 15 is 0 Å². The topological polar surface area (TPSA) is 29.1 Å². The van der Waals surface area contributed by atoms with E-state index in [1.165, 1.54) is 0 Å². The summed E-state index contributed by atoms with van der Waals surface area (Å²) in [5, 5.41) is 2.53. The van der Waals surface area contributed by atoms with Gasteiger partial charge in [0.1, 0.15) is 0 Å². The number of hydrogen-bond acceptors (Lipinski definition) is 1. The standard InChI is InChI=1S/C5H9INO/c1-2-3-5(6)7-4-8/h5H,2-3H2,1H3,(H,7,8). The zero-order valence-corrected chi connectivity index (χ0v) is 6.94. The molecule has 1 unspecified atom stereocenters. The second-order valence-corrected chi connectivity index (χ2v) is 3.01. The summed E-state index contributed by atoms with van der Waals surface area (Å²) < 4.78 is 0.259. The largest absolute Gasteiger partial charge is 0.336 e. The van der Waals surface area contributed by atoms with Crippen LogP contribution in [0.5, 0.6) is 0 Å². The molecule has 0 aromatic heterocycles. The highest BCUT2D eigenvalue weighted by molar-refractivity contribution is 14.1. The van der Waals surface area contributed by atoms with Crippen LogP contribution in [0, 0.1) is 0 Å². The Hall–Kier alpha value is 0.200. The molecule has 1 radical (unpaired) electrons. The van der Waals surface area contributed by atoms with Gasteiger partial charge >= 0.3 is 6.41 Å². The van der Waals surface area contributed by atoms with Crippen molar-refractivity contribution in [2.45, 2.75) is 23.8 Å². The molecule has 8 heavy (non-hydrogen) atoms. The number of rotatable bonds is 4. The fourth-order valence-corrected chi connectivity index (χ4v) is 1.14. The summed E-state index contributed by atoms with van der Waals surface area (Å²) in [5.41, 5.74) is 0. The Balaban J connectivity index is 3.03. The Morgan fingerprint density at radius 2 is 2.50 bits per heavy atom. The van der Waals surface area contributed by atoms with Gasteiger partial charge in [-0.3, -0.25) is 4.79 Å². The summed E-state index contributed by atoms with van der Waals surface area (Å²) in [4.78, 5) is 9.65. The zero-order valence-electron chi connectivity index (χ0n) is 4.78. The van der Waals surface area contributed by atoms with Gasteiger partial charge in [0.15, 0.2) is 0 Å². The van der Waals surface area contributed by atoms with E-state index in [-0.39, 0.29) is 4.05 Å². The van der Waals surface area contributed by atoms with Gasteiger partial charge in [-0.2, -0.15) is 0 Å². The van der Waals surface area contributed by atoms with Crippen molar-refractivity contribution in [3.63, 3.8) is 0 Å². The molecule has 0 aromatic rings. The van der Waals surface area contributed by atoms with Crippen molar-refractivity contribution in [1.82, 2.24) is 5.32 Å². The van der Waals surface area contributed by atoms with Crippen LogP contribution in [0.3, 0.4) is 0 Å². The van der Waals surface area contributed by atoms with Crippen LogP contribution in [0.15, 0.2) is 0 Å². The fourth-order valence-electron chi connectivity index (χ4n) is 0.390. The monoisotopic (exact) mass is 226 g/mol. The van der Waals surface area contributed by atoms with E-state index < -0.39 is 0 Å². The molecular formula is C5H9INO. The molecule has 47 valence electrons. The molecule has 1 atom stereocenters. The van der Waals surface area contributed by atoms with Gasteiger partial charge in [-0.1, -0.05) is 35.9 Å². The number of nitrogens with one attached hydrogen (secondary N) is 1. The highest BCUT2D eigenvalue weighted by Gasteiger charge is 1.96. The molecule has 0 spiro atoms. The molecule has 2 nitrogen and oxygen atoms in total. The van der Waals surface area contributed by atoms with Gasteiger partial charge in [0.05, 0.1) is 4.05 Å². The lowest BCUT2D eigenvalue weighted by Crippen LogP contribution is -2.20. The number of carbonyl (C=O) groups excluding carboxylic acids is 1. The Kier molecular flexibility index (Phi) is 5.47. The van der Waals surface area contributed by atoms with Gasteiger partial charge in [0.25, 0.3) is 0 Å². The van der Waals surface area contributed by atoms with E-state index in [9.17, 15) is 4.79 Å². The molecular weight excluding hydrogens is 217 g/mol. The molecule has 1 N–H and O–H groups in total. The summed E-state index contributed by atoms with van der Waals surface area (Å²) in [6.07, 6.45) is 3.77. The van der Waals surface area contributed by atoms with Crippen LogP contribution in [0.4, 0.5) is 0 Å². The molecule has 3 heteroatoms. The van der Waals surface area contributed by atoms with Crippen molar-refractivity contribution < 1.29 is 4.79 Å². The van der Waals surface area contributed by atoms with Gasteiger partial charge in [-0.15, -0.1) is 0 Å². The first-order valence-electron chi connectivity index (χ1n) is 2.58. The molecule has 0 aliphatic rings. The molecule has 0 rings (SSSR count). The number of alkyl halides is 1. The van der Waals surface area contributed by atoms with Crippen molar-refractivity contribution in [2.24, 2.45) is 0 Å². The first kappa shape index (κ1) is 8.20. The summed E-state index contributed by atoms with van der Waals surface area (Å²) >= 11 is 2.17. The van der Waals surface area contributed by atoms with E-state index in [1.54, 1.807) is 6.41 Å². The van der Waals surface area contributed by atoms with E-state index in [0.29, 0.717) is 0 Å². The molecule has 0 saturated carbocycles. The van der Waals surface area contributed by atoms with Gasteiger partial charge in [0.2, 0.25) is 0 Å². The van der Waals surface area contributed by atoms with Gasteiger partial charge < -0.3 is 5.32 Å². The maximum atomic E-state index is 9.65. The Bertz CT molecular complexity index is 67.4. The van der Waals surface area contributed by atoms with E-state index in [0.717, 1.165) is 12.8 Å². The Morgan fingerprint density at radius 1 is 1.88 bits per heavy atom. The minimum absolute atomic E-state index is 0.259. The second-order valence-electron chi connectivity index (χ2n) is 1.50. The lowest BCUT2D eigenvalue weighted by Gasteiger charge is -2.02. The van der Waals surface area contributed by atoms with E-state index in [1.807, 2.05) is 0 Å². The van der Waals surface area contributed by atoms with E-state index in [2.05, 4.69) is 34.8 Å². The lowest BCUT2D eigenvalue weighted by atomic mass is 10.3. The molecule has 0 aromatic carbocycles. The van der Waals surface area contributed by atoms with Crippen LogP contribution in [0.1, 0.15) is 19.8 Å². The lowest BCUT2D eigenvalue weighted by molar-refractivity contribution is 0.537. The first-order chi connectivity index (χ1) is 3.81. The third-order valence-corrected chi connectivity index (χ3v) is 1.69. The zero-order chi connectivity index (χ0) is 6.41. The minimum atomic E-state index is 0.259. The van der Waals surface area contributed by atoms with Crippen LogP contribution in [-0.2, 0) is 4.79 Å². The minimum Gasteiger partial charge on any atom is -0.336 e. The van der Waals surface area contributed by atoms with Crippen molar-refractivity contribution in [1.29, 1.82) is 0 Å². The smallest absolute Gasteiger partial charge is 0.310 e. The summed E-state index contributed by atoms with van der Waals surface area (Å²) in [6.45, 7) is 2.08. The summed E-state index contributed by atoms with van der Waals surface area (Å²) in [5.74, 6) is 0. The van der Waals surface area contributed by atoms with Crippen LogP contribution < -0.4 is 5.32 Å². The van der Waals surface area contributed by atoms with E-state index in [4.69, 9.17) is 0 Å². The highest BCUT2D eigenvalue weighted by atomic mass is 127. The molecule has 0 heterocycles. The highest BCUT2D eigenvalue weighted by Crippen LogP contribution is 2.02. The maximum Gasteiger partial charge on any atom is 0.310 e. The van der Waals surface area contributed by atoms with Crippen LogP contribution in [0.2, 0.25) is 0 Å². The van der Waals surface area contributed by atoms with Gasteiger partial charge in [0, 0.05) is 0 Å². The summed E-state index contributed by atoms with van der Waals surface area (Å²) in [6, 6.07) is 0. The molecule has 0 aliphatic heterocycles. The normalized spacial score (nSPS) is 12.8. The number of halogens is 1. The first-order valence-corrected chi connectivity index (χ1v) is 3.82. The average molecular weight is 226 g/mol. The predicted octanol–water partition coefficient (Wildman–Crippen LogP) is 1.20. The Morgan fingerprint density at radius 3 is 2.88 bits per heavy atom. The molecule has 0 bridgehead atoms. The fraction of sp³-hybridized carbons (Fsp3) is 0.800. The number of hydrogen-bond donors (Lipinski definition) is 1. The summed E-state index contributed by atoms with van der Waals surface area (Å²) in [7, 11) is 0. The van der Waals surface area contributed by atoms with Crippen molar-refractivity contribution in [3.8, 4) is 0 Å². The third-order valence-electron chi connectivity index (χ3n) is 0.758. The van der Waals surface area contributed by atoms with Crippen LogP contribution in [-0.4, -0.2) is 10.5 Å². The van der Waals surface area contributed by atoms with Crippen LogP contribution in [0.25, 0.3) is 0 Å². The molecule has 1 amide bonds. The van der Waals surface area contributed by atoms with Gasteiger partial charge in [-0.05, 0) is 6.42 Å². The molecule has 0 saturated heterocycles. The maximum absolute atomic E-state index is 9.65. The second kappa shape index (κ2) is 5.34. The number of amides is 1. The van der Waals surface area contributed by atoms with Crippen molar-refractivity contribution in [3.05, 3.63) is 0 Å². The quantitative estimate of drug-likeness (QED) is 0.332. The van der Waals surface area contributed by atoms with Crippen LogP contribution >= 0.6 is 22.6 Å². The molecule has 0 fully saturated rings. The third kappa shape index (κ3) is 4.36. The SMILES string of the molecule is CCCC(I)N[C]=O. The van der Waals surface area contributed by atoms with Gasteiger partial charge in [-0.25, -0.2) is 0 Å². The van der Waals surface area contributed by atoms with Crippen molar-refractivity contribution in [2.75, 3.05) is 0 Å². The Labute approximate surface area is 63.2 Å². The predicted molar refractivity (Wildman–Crippen MR) is 41.5 cm³/mol. The van der Waals surface area contributed by atoms with Crippen molar-refractivity contribution >= 4 is 29.0 Å². The molecule has 0 aliphatic carbocycles. The average Bonchev–Trinajstić information content (AvgIpc) is 1.68.